The number of hydrogen-bond acceptors (Lipinski definition) is 1. The van der Waals surface area contributed by atoms with Gasteiger partial charge in [0.25, 0.3) is 0 Å². The van der Waals surface area contributed by atoms with Gasteiger partial charge in [0.2, 0.25) is 0 Å². The molecule has 0 bridgehead atoms. The van der Waals surface area contributed by atoms with Crippen molar-refractivity contribution in [3.8, 4) is 0 Å². The molecule has 0 fully saturated rings. The molecule has 0 amide bonds. The number of rotatable bonds is 3. The molecule has 1 rings (SSSR count). The van der Waals surface area contributed by atoms with Gasteiger partial charge in [0.15, 0.2) is 0 Å². The topological polar surface area (TPSA) is 12.0 Å². The predicted molar refractivity (Wildman–Crippen MR) is 59.3 cm³/mol. The molecule has 1 nitrogen and oxygen atoms in total. The maximum Gasteiger partial charge on any atom is 0.0374 e. The van der Waals surface area contributed by atoms with E-state index in [1.807, 2.05) is 0 Å². The zero-order valence-electron chi connectivity index (χ0n) is 9.02. The number of benzene rings is 1. The first-order valence-electron chi connectivity index (χ1n) is 4.97. The van der Waals surface area contributed by atoms with E-state index in [4.69, 9.17) is 0 Å². The molecule has 0 saturated heterocycles. The highest BCUT2D eigenvalue weighted by molar-refractivity contribution is 5.52. The van der Waals surface area contributed by atoms with E-state index in [0.29, 0.717) is 6.04 Å². The largest absolute Gasteiger partial charge is 0.382 e. The number of hydrogen-bond donors (Lipinski definition) is 1. The van der Waals surface area contributed by atoms with Gasteiger partial charge in [-0.1, -0.05) is 19.1 Å². The summed E-state index contributed by atoms with van der Waals surface area (Å²) in [6.45, 7) is 8.68. The van der Waals surface area contributed by atoms with Gasteiger partial charge in [-0.2, -0.15) is 0 Å². The Bertz CT molecular complexity index is 278. The Balaban J connectivity index is 2.81. The minimum absolute atomic E-state index is 0.556. The maximum absolute atomic E-state index is 3.50. The Morgan fingerprint density at radius 1 is 1.31 bits per heavy atom. The molecule has 1 aromatic carbocycles. The van der Waals surface area contributed by atoms with Crippen LogP contribution in [0.1, 0.15) is 31.4 Å². The Morgan fingerprint density at radius 3 is 2.62 bits per heavy atom. The zero-order chi connectivity index (χ0) is 9.84. The summed E-state index contributed by atoms with van der Waals surface area (Å²) in [5, 5.41) is 3.50. The molecule has 0 spiro atoms. The molecule has 0 aliphatic carbocycles. The van der Waals surface area contributed by atoms with Crippen molar-refractivity contribution in [2.75, 3.05) is 5.32 Å². The zero-order valence-corrected chi connectivity index (χ0v) is 9.02. The van der Waals surface area contributed by atoms with E-state index >= 15 is 0 Å². The van der Waals surface area contributed by atoms with Gasteiger partial charge >= 0.3 is 0 Å². The quantitative estimate of drug-likeness (QED) is 0.745. The molecule has 1 aromatic rings. The minimum atomic E-state index is 0.556. The lowest BCUT2D eigenvalue weighted by Gasteiger charge is -2.15. The first kappa shape index (κ1) is 10.1. The molecular formula is C12H19N. The molecule has 1 N–H and O–H groups in total. The van der Waals surface area contributed by atoms with Gasteiger partial charge in [-0.3, -0.25) is 0 Å². The molecule has 0 radical (unpaired) electrons. The average Bonchev–Trinajstić information content (AvgIpc) is 2.11. The monoisotopic (exact) mass is 177 g/mol. The Morgan fingerprint density at radius 2 is 2.00 bits per heavy atom. The van der Waals surface area contributed by atoms with Crippen molar-refractivity contribution >= 4 is 5.69 Å². The molecule has 0 aromatic heterocycles. The van der Waals surface area contributed by atoms with Crippen molar-refractivity contribution in [2.24, 2.45) is 0 Å². The second kappa shape index (κ2) is 4.31. The third kappa shape index (κ3) is 2.76. The van der Waals surface area contributed by atoms with E-state index in [1.54, 1.807) is 0 Å². The van der Waals surface area contributed by atoms with Crippen LogP contribution in [0.2, 0.25) is 0 Å². The second-order valence-electron chi connectivity index (χ2n) is 3.77. The fourth-order valence-corrected chi connectivity index (χ4v) is 1.26. The highest BCUT2D eigenvalue weighted by Gasteiger charge is 2.01. The second-order valence-corrected chi connectivity index (χ2v) is 3.77. The summed E-state index contributed by atoms with van der Waals surface area (Å²) in [6.07, 6.45) is 1.16. The maximum atomic E-state index is 3.50. The summed E-state index contributed by atoms with van der Waals surface area (Å²) in [6, 6.07) is 7.08. The SMILES string of the molecule is CCC(C)Nc1cc(C)ccc1C. The van der Waals surface area contributed by atoms with E-state index in [9.17, 15) is 0 Å². The number of aryl methyl sites for hydroxylation is 2. The lowest BCUT2D eigenvalue weighted by molar-refractivity contribution is 0.763. The van der Waals surface area contributed by atoms with Crippen molar-refractivity contribution in [1.82, 2.24) is 0 Å². The van der Waals surface area contributed by atoms with Gasteiger partial charge in [-0.15, -0.1) is 0 Å². The van der Waals surface area contributed by atoms with Crippen molar-refractivity contribution in [3.63, 3.8) is 0 Å². The van der Waals surface area contributed by atoms with Crippen LogP contribution in [0.25, 0.3) is 0 Å². The van der Waals surface area contributed by atoms with E-state index in [1.165, 1.54) is 16.8 Å². The van der Waals surface area contributed by atoms with Crippen molar-refractivity contribution in [1.29, 1.82) is 0 Å². The Hall–Kier alpha value is -0.980. The molecule has 1 atom stereocenters. The summed E-state index contributed by atoms with van der Waals surface area (Å²) < 4.78 is 0. The van der Waals surface area contributed by atoms with Crippen LogP contribution in [0.15, 0.2) is 18.2 Å². The molecule has 13 heavy (non-hydrogen) atoms. The fourth-order valence-electron chi connectivity index (χ4n) is 1.26. The smallest absolute Gasteiger partial charge is 0.0374 e. The minimum Gasteiger partial charge on any atom is -0.382 e. The molecule has 0 saturated carbocycles. The van der Waals surface area contributed by atoms with Crippen LogP contribution >= 0.6 is 0 Å². The van der Waals surface area contributed by atoms with Crippen LogP contribution in [0.3, 0.4) is 0 Å². The molecule has 72 valence electrons. The van der Waals surface area contributed by atoms with E-state index < -0.39 is 0 Å². The standard InChI is InChI=1S/C12H19N/c1-5-11(4)13-12-8-9(2)6-7-10(12)3/h6-8,11,13H,5H2,1-4H3. The number of anilines is 1. The van der Waals surface area contributed by atoms with E-state index in [0.717, 1.165) is 6.42 Å². The van der Waals surface area contributed by atoms with E-state index in [-0.39, 0.29) is 0 Å². The van der Waals surface area contributed by atoms with Gasteiger partial charge in [0.1, 0.15) is 0 Å². The van der Waals surface area contributed by atoms with Crippen LogP contribution in [0, 0.1) is 13.8 Å². The average molecular weight is 177 g/mol. The first-order chi connectivity index (χ1) is 6.13. The molecule has 0 aliphatic rings. The van der Waals surface area contributed by atoms with E-state index in [2.05, 4.69) is 51.2 Å². The van der Waals surface area contributed by atoms with Gasteiger partial charge < -0.3 is 5.32 Å². The molecule has 0 heterocycles. The Labute approximate surface area is 81.2 Å². The van der Waals surface area contributed by atoms with Crippen LogP contribution in [0.4, 0.5) is 5.69 Å². The fraction of sp³-hybridized carbons (Fsp3) is 0.500. The summed E-state index contributed by atoms with van der Waals surface area (Å²) in [5.74, 6) is 0. The van der Waals surface area contributed by atoms with Crippen LogP contribution < -0.4 is 5.32 Å². The third-order valence-electron chi connectivity index (χ3n) is 2.41. The van der Waals surface area contributed by atoms with Crippen LogP contribution in [-0.2, 0) is 0 Å². The van der Waals surface area contributed by atoms with Crippen molar-refractivity contribution < 1.29 is 0 Å². The molecule has 1 unspecified atom stereocenters. The summed E-state index contributed by atoms with van der Waals surface area (Å²) in [4.78, 5) is 0. The van der Waals surface area contributed by atoms with Crippen molar-refractivity contribution in [2.45, 2.75) is 40.2 Å². The number of nitrogens with one attached hydrogen (secondary N) is 1. The lowest BCUT2D eigenvalue weighted by atomic mass is 10.1. The van der Waals surface area contributed by atoms with Gasteiger partial charge in [0, 0.05) is 11.7 Å². The predicted octanol–water partition coefficient (Wildman–Crippen LogP) is 3.51. The first-order valence-corrected chi connectivity index (χ1v) is 4.97. The lowest BCUT2D eigenvalue weighted by Crippen LogP contribution is -2.14. The van der Waals surface area contributed by atoms with Gasteiger partial charge in [-0.25, -0.2) is 0 Å². The third-order valence-corrected chi connectivity index (χ3v) is 2.41. The summed E-state index contributed by atoms with van der Waals surface area (Å²) >= 11 is 0. The van der Waals surface area contributed by atoms with Crippen molar-refractivity contribution in [3.05, 3.63) is 29.3 Å². The highest BCUT2D eigenvalue weighted by Crippen LogP contribution is 2.17. The molecular weight excluding hydrogens is 158 g/mol. The summed E-state index contributed by atoms with van der Waals surface area (Å²) in [7, 11) is 0. The van der Waals surface area contributed by atoms with Crippen LogP contribution in [-0.4, -0.2) is 6.04 Å². The highest BCUT2D eigenvalue weighted by atomic mass is 14.9. The van der Waals surface area contributed by atoms with Gasteiger partial charge in [0.05, 0.1) is 0 Å². The summed E-state index contributed by atoms with van der Waals surface area (Å²) in [5.41, 5.74) is 3.91. The van der Waals surface area contributed by atoms with Crippen LogP contribution in [0.5, 0.6) is 0 Å². The Kier molecular flexibility index (Phi) is 3.35. The normalized spacial score (nSPS) is 12.6. The van der Waals surface area contributed by atoms with Gasteiger partial charge in [-0.05, 0) is 44.4 Å². The molecule has 1 heteroatoms. The molecule has 0 aliphatic heterocycles.